The van der Waals surface area contributed by atoms with Crippen molar-refractivity contribution in [1.29, 1.82) is 0 Å². The molecule has 2 amide bonds. The normalized spacial score (nSPS) is 14.2. The lowest BCUT2D eigenvalue weighted by molar-refractivity contribution is -0.142. The van der Waals surface area contributed by atoms with Crippen molar-refractivity contribution in [3.63, 3.8) is 0 Å². The van der Waals surface area contributed by atoms with Crippen LogP contribution in [0.5, 0.6) is 0 Å². The summed E-state index contributed by atoms with van der Waals surface area (Å²) in [5.41, 5.74) is 7.16. The predicted molar refractivity (Wildman–Crippen MR) is 104 cm³/mol. The molecule has 7 heteroatoms. The summed E-state index contributed by atoms with van der Waals surface area (Å²) < 4.78 is 5.27. The van der Waals surface area contributed by atoms with Crippen LogP contribution in [0.15, 0.2) is 53.4 Å². The zero-order valence-corrected chi connectivity index (χ0v) is 15.7. The van der Waals surface area contributed by atoms with Crippen molar-refractivity contribution >= 4 is 35.2 Å². The summed E-state index contributed by atoms with van der Waals surface area (Å²) in [5, 5.41) is -0.368. The molecule has 1 aliphatic rings. The van der Waals surface area contributed by atoms with Crippen LogP contribution < -0.4 is 5.73 Å². The third-order valence-corrected chi connectivity index (χ3v) is 5.26. The van der Waals surface area contributed by atoms with Crippen molar-refractivity contribution in [3.05, 3.63) is 59.7 Å². The summed E-state index contributed by atoms with van der Waals surface area (Å²) in [4.78, 5) is 38.7. The largest absolute Gasteiger partial charge is 0.465 e. The van der Waals surface area contributed by atoms with Crippen LogP contribution in [-0.4, -0.2) is 41.1 Å². The number of fused-ring (bicyclic) bond motifs is 1. The standard InChI is InChI=1S/C20H20N2O4S/c1-13(27-15-9-7-14(21)8-10-15)20(25)26-12-4-11-22-18(23)16-5-2-3-6-17(16)19(22)24/h2-3,5-10,13H,4,11-12,21H2,1H3. The Morgan fingerprint density at radius 2 is 1.67 bits per heavy atom. The smallest absolute Gasteiger partial charge is 0.319 e. The Labute approximate surface area is 161 Å². The van der Waals surface area contributed by atoms with Crippen molar-refractivity contribution in [3.8, 4) is 0 Å². The predicted octanol–water partition coefficient (Wildman–Crippen LogP) is 2.98. The number of imide groups is 1. The fourth-order valence-electron chi connectivity index (χ4n) is 2.75. The molecular weight excluding hydrogens is 364 g/mol. The van der Waals surface area contributed by atoms with Gasteiger partial charge in [0.15, 0.2) is 0 Å². The Kier molecular flexibility index (Phi) is 5.81. The van der Waals surface area contributed by atoms with Crippen molar-refractivity contribution in [2.24, 2.45) is 0 Å². The molecule has 0 bridgehead atoms. The average molecular weight is 384 g/mol. The van der Waals surface area contributed by atoms with E-state index in [0.29, 0.717) is 23.2 Å². The Balaban J connectivity index is 1.43. The molecule has 0 fully saturated rings. The number of ether oxygens (including phenoxy) is 1. The van der Waals surface area contributed by atoms with Gasteiger partial charge in [0, 0.05) is 17.1 Å². The highest BCUT2D eigenvalue weighted by Gasteiger charge is 2.34. The summed E-state index contributed by atoms with van der Waals surface area (Å²) >= 11 is 1.39. The number of hydrogen-bond acceptors (Lipinski definition) is 6. The molecule has 27 heavy (non-hydrogen) atoms. The molecule has 6 nitrogen and oxygen atoms in total. The fourth-order valence-corrected chi connectivity index (χ4v) is 3.62. The number of hydrogen-bond donors (Lipinski definition) is 1. The highest BCUT2D eigenvalue weighted by molar-refractivity contribution is 8.00. The first-order valence-corrected chi connectivity index (χ1v) is 9.49. The number of esters is 1. The summed E-state index contributed by atoms with van der Waals surface area (Å²) in [6, 6.07) is 14.0. The SMILES string of the molecule is CC(Sc1ccc(N)cc1)C(=O)OCCCN1C(=O)c2ccccc2C1=O. The van der Waals surface area contributed by atoms with Crippen LogP contribution >= 0.6 is 11.8 Å². The second kappa shape index (κ2) is 8.26. The molecule has 0 saturated carbocycles. The topological polar surface area (TPSA) is 89.7 Å². The molecule has 0 aliphatic carbocycles. The summed E-state index contributed by atoms with van der Waals surface area (Å²) in [6.45, 7) is 2.14. The third kappa shape index (κ3) is 4.31. The van der Waals surface area contributed by atoms with Crippen LogP contribution in [0.25, 0.3) is 0 Å². The molecule has 0 aromatic heterocycles. The molecule has 1 heterocycles. The molecule has 1 atom stereocenters. The molecular formula is C20H20N2O4S. The van der Waals surface area contributed by atoms with E-state index in [-0.39, 0.29) is 36.2 Å². The van der Waals surface area contributed by atoms with Crippen LogP contribution in [0.3, 0.4) is 0 Å². The van der Waals surface area contributed by atoms with E-state index in [0.717, 1.165) is 4.90 Å². The van der Waals surface area contributed by atoms with Gasteiger partial charge in [0.2, 0.25) is 0 Å². The lowest BCUT2D eigenvalue weighted by Crippen LogP contribution is -2.31. The Hall–Kier alpha value is -2.80. The Bertz CT molecular complexity index is 832. The Morgan fingerprint density at radius 1 is 1.07 bits per heavy atom. The van der Waals surface area contributed by atoms with Crippen molar-refractivity contribution in [2.75, 3.05) is 18.9 Å². The first-order chi connectivity index (χ1) is 13.0. The van der Waals surface area contributed by atoms with Gasteiger partial charge in [-0.3, -0.25) is 19.3 Å². The van der Waals surface area contributed by atoms with E-state index in [1.807, 2.05) is 12.1 Å². The van der Waals surface area contributed by atoms with Gasteiger partial charge in [-0.1, -0.05) is 12.1 Å². The van der Waals surface area contributed by atoms with E-state index < -0.39 is 0 Å². The fraction of sp³-hybridized carbons (Fsp3) is 0.250. The van der Waals surface area contributed by atoms with Gasteiger partial charge in [0.1, 0.15) is 5.25 Å². The number of anilines is 1. The maximum atomic E-state index is 12.3. The molecule has 3 rings (SSSR count). The highest BCUT2D eigenvalue weighted by Crippen LogP contribution is 2.25. The quantitative estimate of drug-likeness (QED) is 0.259. The number of amides is 2. The van der Waals surface area contributed by atoms with E-state index in [1.165, 1.54) is 16.7 Å². The molecule has 2 N–H and O–H groups in total. The summed E-state index contributed by atoms with van der Waals surface area (Å²) in [6.07, 6.45) is 0.399. The maximum Gasteiger partial charge on any atom is 0.319 e. The molecule has 1 unspecified atom stereocenters. The maximum absolute atomic E-state index is 12.3. The van der Waals surface area contributed by atoms with Crippen LogP contribution in [0.1, 0.15) is 34.1 Å². The lowest BCUT2D eigenvalue weighted by atomic mass is 10.1. The number of carbonyl (C=O) groups excluding carboxylic acids is 3. The molecule has 2 aromatic rings. The Morgan fingerprint density at radius 3 is 2.26 bits per heavy atom. The van der Waals surface area contributed by atoms with Gasteiger partial charge in [-0.05, 0) is 49.7 Å². The van der Waals surface area contributed by atoms with Gasteiger partial charge in [0.25, 0.3) is 11.8 Å². The van der Waals surface area contributed by atoms with Gasteiger partial charge >= 0.3 is 5.97 Å². The van der Waals surface area contributed by atoms with E-state index in [4.69, 9.17) is 10.5 Å². The van der Waals surface area contributed by atoms with Gasteiger partial charge in [-0.15, -0.1) is 11.8 Å². The van der Waals surface area contributed by atoms with E-state index in [2.05, 4.69) is 0 Å². The van der Waals surface area contributed by atoms with Crippen LogP contribution in [-0.2, 0) is 9.53 Å². The second-order valence-corrected chi connectivity index (χ2v) is 7.57. The summed E-state index contributed by atoms with van der Waals surface area (Å²) in [7, 11) is 0. The molecule has 1 aliphatic heterocycles. The van der Waals surface area contributed by atoms with Crippen molar-refractivity contribution in [2.45, 2.75) is 23.5 Å². The minimum absolute atomic E-state index is 0.152. The van der Waals surface area contributed by atoms with Gasteiger partial charge in [-0.2, -0.15) is 0 Å². The van der Waals surface area contributed by atoms with Gasteiger partial charge in [0.05, 0.1) is 17.7 Å². The summed E-state index contributed by atoms with van der Waals surface area (Å²) in [5.74, 6) is -0.928. The number of nitrogens with zero attached hydrogens (tertiary/aromatic N) is 1. The number of thioether (sulfide) groups is 1. The van der Waals surface area contributed by atoms with E-state index in [9.17, 15) is 14.4 Å². The first kappa shape index (κ1) is 19.0. The molecule has 2 aromatic carbocycles. The molecule has 140 valence electrons. The highest BCUT2D eigenvalue weighted by atomic mass is 32.2. The van der Waals surface area contributed by atoms with Crippen LogP contribution in [0, 0.1) is 0 Å². The number of rotatable bonds is 7. The third-order valence-electron chi connectivity index (χ3n) is 4.17. The van der Waals surface area contributed by atoms with Gasteiger partial charge < -0.3 is 10.5 Å². The zero-order chi connectivity index (χ0) is 19.4. The van der Waals surface area contributed by atoms with Crippen molar-refractivity contribution < 1.29 is 19.1 Å². The van der Waals surface area contributed by atoms with E-state index in [1.54, 1.807) is 43.3 Å². The minimum Gasteiger partial charge on any atom is -0.465 e. The second-order valence-electron chi connectivity index (χ2n) is 6.16. The first-order valence-electron chi connectivity index (χ1n) is 8.61. The average Bonchev–Trinajstić information content (AvgIpc) is 2.91. The van der Waals surface area contributed by atoms with Crippen LogP contribution in [0.4, 0.5) is 5.69 Å². The van der Waals surface area contributed by atoms with Crippen molar-refractivity contribution in [1.82, 2.24) is 4.90 Å². The number of carbonyl (C=O) groups is 3. The van der Waals surface area contributed by atoms with Crippen LogP contribution in [0.2, 0.25) is 0 Å². The minimum atomic E-state index is -0.368. The lowest BCUT2D eigenvalue weighted by Gasteiger charge is -2.15. The monoisotopic (exact) mass is 384 g/mol. The molecule has 0 radical (unpaired) electrons. The molecule has 0 spiro atoms. The molecule has 0 saturated heterocycles. The van der Waals surface area contributed by atoms with Gasteiger partial charge in [-0.25, -0.2) is 0 Å². The number of benzene rings is 2. The zero-order valence-electron chi connectivity index (χ0n) is 14.9. The number of nitrogens with two attached hydrogens (primary N) is 1. The van der Waals surface area contributed by atoms with E-state index >= 15 is 0 Å². The number of nitrogen functional groups attached to an aromatic ring is 1.